The molecule has 0 aromatic heterocycles. The lowest BCUT2D eigenvalue weighted by Crippen LogP contribution is -3.19. The average Bonchev–Trinajstić information content (AvgIpc) is 3.20. The summed E-state index contributed by atoms with van der Waals surface area (Å²) in [6.45, 7) is 3.29. The van der Waals surface area contributed by atoms with Gasteiger partial charge in [0, 0.05) is 12.1 Å². The molecule has 1 aliphatic carbocycles. The predicted molar refractivity (Wildman–Crippen MR) is 102 cm³/mol. The number of nitrogens with one attached hydrogen (secondary N) is 2. The number of hydrogen-bond donors (Lipinski definition) is 2. The van der Waals surface area contributed by atoms with Crippen molar-refractivity contribution in [2.75, 3.05) is 26.2 Å². The molecule has 1 heterocycles. The molecule has 0 radical (unpaired) electrons. The van der Waals surface area contributed by atoms with Gasteiger partial charge < -0.3 is 10.2 Å². The van der Waals surface area contributed by atoms with Gasteiger partial charge in [0.15, 0.2) is 10.9 Å². The Morgan fingerprint density at radius 2 is 1.86 bits per heavy atom. The lowest BCUT2D eigenvalue weighted by molar-refractivity contribution is -0.917. The summed E-state index contributed by atoms with van der Waals surface area (Å²) in [6, 6.07) is 5.40. The summed E-state index contributed by atoms with van der Waals surface area (Å²) in [5, 5.41) is 14.3. The first-order chi connectivity index (χ1) is 13.3. The van der Waals surface area contributed by atoms with E-state index in [1.165, 1.54) is 28.6 Å². The highest BCUT2D eigenvalue weighted by Gasteiger charge is 2.37. The molecule has 1 aromatic rings. The summed E-state index contributed by atoms with van der Waals surface area (Å²) in [4.78, 5) is 23.7. The van der Waals surface area contributed by atoms with Crippen LogP contribution in [0.4, 0.5) is 5.69 Å². The fraction of sp³-hybridized carbons (Fsp3) is 0.611. The third-order valence-corrected chi connectivity index (χ3v) is 7.70. The van der Waals surface area contributed by atoms with Crippen molar-refractivity contribution in [1.82, 2.24) is 9.62 Å². The molecule has 1 saturated carbocycles. The number of nitro benzene ring substituents is 1. The first-order valence-electron chi connectivity index (χ1n) is 9.69. The van der Waals surface area contributed by atoms with Gasteiger partial charge in [0.05, 0.1) is 31.1 Å². The normalized spacial score (nSPS) is 20.8. The molecule has 0 spiro atoms. The first kappa shape index (κ1) is 20.7. The molecule has 0 unspecified atom stereocenters. The Bertz CT molecular complexity index is 830. The standard InChI is InChI=1S/C18H26N4O5S/c1-14(18(23)19-15-6-2-3-7-15)20-10-12-21(13-11-20)28(26,27)17-9-5-4-8-16(17)22(24)25/h4-5,8-9,14-15H,2-3,6-7,10-13H2,1H3,(H,19,23)/p+1/t14-/m0/s1. The van der Waals surface area contributed by atoms with E-state index in [2.05, 4.69) is 5.32 Å². The van der Waals surface area contributed by atoms with Crippen LogP contribution in [0.25, 0.3) is 0 Å². The van der Waals surface area contributed by atoms with Crippen LogP contribution in [0.2, 0.25) is 0 Å². The molecule has 154 valence electrons. The molecule has 1 aromatic carbocycles. The van der Waals surface area contributed by atoms with Gasteiger partial charge in [0.25, 0.3) is 11.6 Å². The third kappa shape index (κ3) is 4.34. The number of piperazine rings is 1. The van der Waals surface area contributed by atoms with Gasteiger partial charge >= 0.3 is 0 Å². The van der Waals surface area contributed by atoms with E-state index in [0.29, 0.717) is 13.1 Å². The molecule has 1 amide bonds. The maximum absolute atomic E-state index is 12.9. The summed E-state index contributed by atoms with van der Waals surface area (Å²) < 4.78 is 27.1. The van der Waals surface area contributed by atoms with Gasteiger partial charge in [-0.1, -0.05) is 25.0 Å². The number of hydrogen-bond acceptors (Lipinski definition) is 5. The van der Waals surface area contributed by atoms with Gasteiger partial charge in [0.1, 0.15) is 0 Å². The van der Waals surface area contributed by atoms with E-state index < -0.39 is 20.6 Å². The molecule has 10 heteroatoms. The summed E-state index contributed by atoms with van der Waals surface area (Å²) in [5.41, 5.74) is -0.415. The van der Waals surface area contributed by atoms with Crippen molar-refractivity contribution in [2.24, 2.45) is 0 Å². The van der Waals surface area contributed by atoms with Crippen LogP contribution in [0, 0.1) is 10.1 Å². The highest BCUT2D eigenvalue weighted by atomic mass is 32.2. The number of carbonyl (C=O) groups is 1. The van der Waals surface area contributed by atoms with Crippen LogP contribution >= 0.6 is 0 Å². The van der Waals surface area contributed by atoms with E-state index in [1.54, 1.807) is 0 Å². The summed E-state index contributed by atoms with van der Waals surface area (Å²) in [5.74, 6) is 0.0110. The topological polar surface area (TPSA) is 114 Å². The average molecular weight is 412 g/mol. The number of para-hydroxylation sites is 1. The molecule has 0 bridgehead atoms. The molecule has 3 rings (SSSR count). The van der Waals surface area contributed by atoms with E-state index in [-0.39, 0.29) is 36.0 Å². The zero-order valence-corrected chi connectivity index (χ0v) is 16.8. The lowest BCUT2D eigenvalue weighted by Gasteiger charge is -2.34. The fourth-order valence-corrected chi connectivity index (χ4v) is 5.59. The monoisotopic (exact) mass is 411 g/mol. The van der Waals surface area contributed by atoms with Crippen molar-refractivity contribution in [1.29, 1.82) is 0 Å². The van der Waals surface area contributed by atoms with E-state index in [4.69, 9.17) is 0 Å². The number of amides is 1. The van der Waals surface area contributed by atoms with Crippen molar-refractivity contribution in [3.8, 4) is 0 Å². The minimum atomic E-state index is -3.95. The Kier molecular flexibility index (Phi) is 6.31. The van der Waals surface area contributed by atoms with Gasteiger partial charge in [-0.05, 0) is 25.8 Å². The maximum atomic E-state index is 12.9. The number of carbonyl (C=O) groups excluding carboxylic acids is 1. The molecule has 9 nitrogen and oxygen atoms in total. The fourth-order valence-electron chi connectivity index (χ4n) is 3.99. The maximum Gasteiger partial charge on any atom is 0.289 e. The van der Waals surface area contributed by atoms with Crippen molar-refractivity contribution in [2.45, 2.75) is 49.6 Å². The van der Waals surface area contributed by atoms with Crippen molar-refractivity contribution < 1.29 is 23.0 Å². The van der Waals surface area contributed by atoms with Crippen LogP contribution in [0.15, 0.2) is 29.2 Å². The van der Waals surface area contributed by atoms with Gasteiger partial charge in [-0.25, -0.2) is 8.42 Å². The first-order valence-corrected chi connectivity index (χ1v) is 11.1. The number of nitrogens with zero attached hydrogens (tertiary/aromatic N) is 2. The zero-order chi connectivity index (χ0) is 20.3. The molecule has 1 atom stereocenters. The Hall–Kier alpha value is -2.04. The highest BCUT2D eigenvalue weighted by Crippen LogP contribution is 2.26. The predicted octanol–water partition coefficient (Wildman–Crippen LogP) is -0.0687. The van der Waals surface area contributed by atoms with E-state index in [0.717, 1.165) is 30.6 Å². The zero-order valence-electron chi connectivity index (χ0n) is 16.0. The number of quaternary nitrogens is 1. The quantitative estimate of drug-likeness (QED) is 0.502. The van der Waals surface area contributed by atoms with Crippen LogP contribution in [0.5, 0.6) is 0 Å². The van der Waals surface area contributed by atoms with Gasteiger partial charge in [-0.15, -0.1) is 0 Å². The van der Waals surface area contributed by atoms with Gasteiger partial charge in [-0.3, -0.25) is 14.9 Å². The minimum Gasteiger partial charge on any atom is -0.348 e. The largest absolute Gasteiger partial charge is 0.348 e. The highest BCUT2D eigenvalue weighted by molar-refractivity contribution is 7.89. The second-order valence-corrected chi connectivity index (χ2v) is 9.41. The second-order valence-electron chi connectivity index (χ2n) is 7.50. The number of rotatable bonds is 6. The van der Waals surface area contributed by atoms with Gasteiger partial charge in [0.2, 0.25) is 10.0 Å². The van der Waals surface area contributed by atoms with Crippen LogP contribution in [0.1, 0.15) is 32.6 Å². The Labute approximate surface area is 164 Å². The number of nitro groups is 1. The Morgan fingerprint density at radius 3 is 2.46 bits per heavy atom. The second kappa shape index (κ2) is 8.54. The third-order valence-electron chi connectivity index (χ3n) is 5.75. The van der Waals surface area contributed by atoms with Gasteiger partial charge in [-0.2, -0.15) is 4.31 Å². The molecule has 2 aliphatic rings. The van der Waals surface area contributed by atoms with Crippen LogP contribution in [-0.2, 0) is 14.8 Å². The molecule has 1 saturated heterocycles. The van der Waals surface area contributed by atoms with E-state index in [9.17, 15) is 23.3 Å². The SMILES string of the molecule is C[C@@H](C(=O)NC1CCCC1)[NH+]1CCN(S(=O)(=O)c2ccccc2[N+](=O)[O-])CC1. The molecule has 2 N–H and O–H groups in total. The smallest absolute Gasteiger partial charge is 0.289 e. The van der Waals surface area contributed by atoms with Crippen LogP contribution < -0.4 is 10.2 Å². The molecule has 2 fully saturated rings. The summed E-state index contributed by atoms with van der Waals surface area (Å²) in [7, 11) is -3.95. The molecule has 28 heavy (non-hydrogen) atoms. The van der Waals surface area contributed by atoms with Crippen molar-refractivity contribution in [3.63, 3.8) is 0 Å². The van der Waals surface area contributed by atoms with Crippen LogP contribution in [-0.4, -0.2) is 61.8 Å². The van der Waals surface area contributed by atoms with E-state index >= 15 is 0 Å². The van der Waals surface area contributed by atoms with Crippen LogP contribution in [0.3, 0.4) is 0 Å². The Morgan fingerprint density at radius 1 is 1.25 bits per heavy atom. The lowest BCUT2D eigenvalue weighted by atomic mass is 10.2. The van der Waals surface area contributed by atoms with Crippen molar-refractivity contribution in [3.05, 3.63) is 34.4 Å². The summed E-state index contributed by atoms with van der Waals surface area (Å²) in [6.07, 6.45) is 4.34. The molecular weight excluding hydrogens is 384 g/mol. The number of benzene rings is 1. The Balaban J connectivity index is 1.63. The molecular formula is C18H27N4O5S+. The number of sulfonamides is 1. The van der Waals surface area contributed by atoms with Crippen molar-refractivity contribution >= 4 is 21.6 Å². The molecule has 1 aliphatic heterocycles. The van der Waals surface area contributed by atoms with E-state index in [1.807, 2.05) is 6.92 Å². The minimum absolute atomic E-state index is 0.0110. The summed E-state index contributed by atoms with van der Waals surface area (Å²) >= 11 is 0.